The molecule has 0 spiro atoms. The van der Waals surface area contributed by atoms with Gasteiger partial charge in [0.15, 0.2) is 5.16 Å². The van der Waals surface area contributed by atoms with Crippen molar-refractivity contribution >= 4 is 35.5 Å². The third-order valence-electron chi connectivity index (χ3n) is 2.13. The summed E-state index contributed by atoms with van der Waals surface area (Å²) in [7, 11) is 1.97. The van der Waals surface area contributed by atoms with Gasteiger partial charge in [0.1, 0.15) is 5.82 Å². The number of rotatable bonds is 5. The molecule has 2 rings (SSSR count). The van der Waals surface area contributed by atoms with Gasteiger partial charge in [-0.15, -0.1) is 33.9 Å². The lowest BCUT2D eigenvalue weighted by molar-refractivity contribution is 0.727. The predicted octanol–water partition coefficient (Wildman–Crippen LogP) is 1.49. The number of hydrogen-bond donors (Lipinski definition) is 1. The Hall–Kier alpha value is -0.630. The fraction of sp³-hybridized carbons (Fsp3) is 0.444. The zero-order valence-corrected chi connectivity index (χ0v) is 11.8. The molecule has 0 aliphatic carbocycles. The molecule has 5 nitrogen and oxygen atoms in total. The Labute approximate surface area is 114 Å². The Balaban J connectivity index is 0.00000144. The van der Waals surface area contributed by atoms with E-state index in [0.29, 0.717) is 6.54 Å². The lowest BCUT2D eigenvalue weighted by Gasteiger charge is -2.01. The quantitative estimate of drug-likeness (QED) is 0.845. The maximum atomic E-state index is 5.49. The molecule has 0 fully saturated rings. The summed E-state index contributed by atoms with van der Waals surface area (Å²) in [6.45, 7) is 0.600. The summed E-state index contributed by atoms with van der Waals surface area (Å²) in [5.74, 6) is 1.77. The van der Waals surface area contributed by atoms with Crippen molar-refractivity contribution in [1.29, 1.82) is 0 Å². The molecule has 0 aliphatic rings. The molecule has 0 saturated carbocycles. The zero-order chi connectivity index (χ0) is 11.4. The summed E-state index contributed by atoms with van der Waals surface area (Å²) in [6, 6.07) is 0. The Morgan fingerprint density at radius 1 is 1.47 bits per heavy atom. The van der Waals surface area contributed by atoms with E-state index in [-0.39, 0.29) is 12.4 Å². The largest absolute Gasteiger partial charge is 0.330 e. The smallest absolute Gasteiger partial charge is 0.191 e. The summed E-state index contributed by atoms with van der Waals surface area (Å²) in [5.41, 5.74) is 8.41. The van der Waals surface area contributed by atoms with Crippen LogP contribution in [0.15, 0.2) is 16.0 Å². The Morgan fingerprint density at radius 3 is 2.94 bits per heavy atom. The van der Waals surface area contributed by atoms with Gasteiger partial charge in [0.25, 0.3) is 0 Å². The van der Waals surface area contributed by atoms with Gasteiger partial charge in [0.2, 0.25) is 0 Å². The molecular weight excluding hydrogens is 278 g/mol. The number of thiazole rings is 1. The van der Waals surface area contributed by atoms with E-state index in [1.807, 2.05) is 22.5 Å². The number of nitrogens with zero attached hydrogens (tertiary/aromatic N) is 4. The van der Waals surface area contributed by atoms with Crippen LogP contribution in [-0.2, 0) is 19.2 Å². The van der Waals surface area contributed by atoms with Gasteiger partial charge in [-0.05, 0) is 6.54 Å². The lowest BCUT2D eigenvalue weighted by atomic mass is 10.4. The molecule has 8 heteroatoms. The Bertz CT molecular complexity index is 442. The monoisotopic (exact) mass is 291 g/mol. The fourth-order valence-electron chi connectivity index (χ4n) is 1.26. The predicted molar refractivity (Wildman–Crippen MR) is 72.7 cm³/mol. The van der Waals surface area contributed by atoms with Crippen LogP contribution >= 0.6 is 35.5 Å². The molecule has 0 unspecified atom stereocenters. The van der Waals surface area contributed by atoms with Crippen molar-refractivity contribution in [3.05, 3.63) is 22.4 Å². The van der Waals surface area contributed by atoms with Gasteiger partial charge in [0.05, 0.1) is 11.2 Å². The van der Waals surface area contributed by atoms with E-state index in [4.69, 9.17) is 5.73 Å². The highest BCUT2D eigenvalue weighted by molar-refractivity contribution is 7.98. The molecule has 94 valence electrons. The minimum Gasteiger partial charge on any atom is -0.330 e. The average molecular weight is 292 g/mol. The van der Waals surface area contributed by atoms with Crippen LogP contribution in [0.4, 0.5) is 0 Å². The van der Waals surface area contributed by atoms with Gasteiger partial charge in [-0.3, -0.25) is 0 Å². The molecule has 0 radical (unpaired) electrons. The van der Waals surface area contributed by atoms with Crippen molar-refractivity contribution in [2.75, 3.05) is 6.54 Å². The van der Waals surface area contributed by atoms with E-state index in [1.165, 1.54) is 0 Å². The fourth-order valence-corrected chi connectivity index (χ4v) is 2.76. The van der Waals surface area contributed by atoms with E-state index >= 15 is 0 Å². The van der Waals surface area contributed by atoms with Gasteiger partial charge in [-0.1, -0.05) is 11.8 Å². The number of hydrogen-bond acceptors (Lipinski definition) is 6. The van der Waals surface area contributed by atoms with Crippen molar-refractivity contribution < 1.29 is 0 Å². The Kier molecular flexibility index (Phi) is 5.90. The second kappa shape index (κ2) is 6.95. The van der Waals surface area contributed by atoms with Crippen molar-refractivity contribution in [2.45, 2.75) is 17.3 Å². The van der Waals surface area contributed by atoms with E-state index in [2.05, 4.69) is 15.2 Å². The van der Waals surface area contributed by atoms with E-state index in [9.17, 15) is 0 Å². The molecular formula is C9H14ClN5S2. The highest BCUT2D eigenvalue weighted by Crippen LogP contribution is 2.20. The molecule has 0 atom stereocenters. The second-order valence-corrected chi connectivity index (χ2v) is 4.93. The summed E-state index contributed by atoms with van der Waals surface area (Å²) in [6.07, 6.45) is 0.765. The molecule has 0 bridgehead atoms. The van der Waals surface area contributed by atoms with Gasteiger partial charge < -0.3 is 10.3 Å². The van der Waals surface area contributed by atoms with Crippen LogP contribution < -0.4 is 5.73 Å². The molecule has 0 aromatic carbocycles. The van der Waals surface area contributed by atoms with Crippen LogP contribution in [-0.4, -0.2) is 26.3 Å². The van der Waals surface area contributed by atoms with Crippen LogP contribution in [0.5, 0.6) is 0 Å². The van der Waals surface area contributed by atoms with Gasteiger partial charge >= 0.3 is 0 Å². The number of nitrogens with two attached hydrogens (primary N) is 1. The first-order chi connectivity index (χ1) is 7.81. The van der Waals surface area contributed by atoms with Crippen molar-refractivity contribution in [3.63, 3.8) is 0 Å². The molecule has 2 heterocycles. The topological polar surface area (TPSA) is 69.6 Å². The lowest BCUT2D eigenvalue weighted by Crippen LogP contribution is -2.08. The SMILES string of the molecule is Cl.Cn1c(CCN)nnc1SCc1cscn1. The molecule has 2 N–H and O–H groups in total. The average Bonchev–Trinajstić information content (AvgIpc) is 2.89. The van der Waals surface area contributed by atoms with Gasteiger partial charge in [-0.2, -0.15) is 0 Å². The summed E-state index contributed by atoms with van der Waals surface area (Å²) in [4.78, 5) is 4.22. The molecule has 0 saturated heterocycles. The second-order valence-electron chi connectivity index (χ2n) is 3.26. The van der Waals surface area contributed by atoms with E-state index in [1.54, 1.807) is 23.1 Å². The van der Waals surface area contributed by atoms with Gasteiger partial charge in [0, 0.05) is 24.6 Å². The molecule has 0 amide bonds. The molecule has 17 heavy (non-hydrogen) atoms. The third-order valence-corrected chi connectivity index (χ3v) is 3.81. The minimum absolute atomic E-state index is 0. The highest BCUT2D eigenvalue weighted by atomic mass is 35.5. The number of halogens is 1. The minimum atomic E-state index is 0. The number of aromatic nitrogens is 4. The molecule has 2 aromatic rings. The maximum Gasteiger partial charge on any atom is 0.191 e. The third kappa shape index (κ3) is 3.67. The van der Waals surface area contributed by atoms with Crippen LogP contribution in [0.3, 0.4) is 0 Å². The highest BCUT2D eigenvalue weighted by Gasteiger charge is 2.08. The van der Waals surface area contributed by atoms with Crippen LogP contribution in [0.2, 0.25) is 0 Å². The van der Waals surface area contributed by atoms with E-state index in [0.717, 1.165) is 28.8 Å². The van der Waals surface area contributed by atoms with Crippen molar-refractivity contribution in [2.24, 2.45) is 12.8 Å². The summed E-state index contributed by atoms with van der Waals surface area (Å²) in [5, 5.41) is 11.2. The number of thioether (sulfide) groups is 1. The first-order valence-corrected chi connectivity index (χ1v) is 6.82. The van der Waals surface area contributed by atoms with Crippen LogP contribution in [0.25, 0.3) is 0 Å². The van der Waals surface area contributed by atoms with Crippen LogP contribution in [0.1, 0.15) is 11.5 Å². The Morgan fingerprint density at radius 2 is 2.29 bits per heavy atom. The zero-order valence-electron chi connectivity index (χ0n) is 9.37. The van der Waals surface area contributed by atoms with Crippen molar-refractivity contribution in [3.8, 4) is 0 Å². The first kappa shape index (κ1) is 14.4. The summed E-state index contributed by atoms with van der Waals surface area (Å²) >= 11 is 3.25. The summed E-state index contributed by atoms with van der Waals surface area (Å²) < 4.78 is 1.99. The maximum absolute atomic E-state index is 5.49. The van der Waals surface area contributed by atoms with Crippen LogP contribution in [0, 0.1) is 0 Å². The van der Waals surface area contributed by atoms with Crippen molar-refractivity contribution in [1.82, 2.24) is 19.7 Å². The first-order valence-electron chi connectivity index (χ1n) is 4.89. The molecule has 2 aromatic heterocycles. The standard InChI is InChI=1S/C9H13N5S2.ClH/c1-14-8(2-3-10)12-13-9(14)16-5-7-4-15-6-11-7;/h4,6H,2-3,5,10H2,1H3;1H. The van der Waals surface area contributed by atoms with Gasteiger partial charge in [-0.25, -0.2) is 4.98 Å². The normalized spacial score (nSPS) is 10.2. The van der Waals surface area contributed by atoms with E-state index < -0.39 is 0 Å². The molecule has 0 aliphatic heterocycles.